The van der Waals surface area contributed by atoms with Gasteiger partial charge in [0.05, 0.1) is 18.3 Å². The molecule has 1 heterocycles. The van der Waals surface area contributed by atoms with Crippen LogP contribution in [0.25, 0.3) is 11.3 Å². The van der Waals surface area contributed by atoms with E-state index in [-0.39, 0.29) is 12.5 Å². The van der Waals surface area contributed by atoms with Crippen molar-refractivity contribution in [2.75, 3.05) is 13.7 Å². The summed E-state index contributed by atoms with van der Waals surface area (Å²) in [7, 11) is 1.56. The Morgan fingerprint density at radius 1 is 1.14 bits per heavy atom. The van der Waals surface area contributed by atoms with Crippen LogP contribution < -0.4 is 14.9 Å². The number of aryl methyl sites for hydroxylation is 2. The van der Waals surface area contributed by atoms with Gasteiger partial charge in [0.2, 0.25) is 0 Å². The average Bonchev–Trinajstić information content (AvgIpc) is 3.17. The molecule has 0 saturated heterocycles. The number of methoxy groups -OCH3 is 1. The molecule has 0 atom stereocenters. The second-order valence-corrected chi connectivity index (χ2v) is 6.81. The highest BCUT2D eigenvalue weighted by atomic mass is 35.5. The van der Waals surface area contributed by atoms with Gasteiger partial charge in [-0.3, -0.25) is 4.79 Å². The Morgan fingerprint density at radius 2 is 1.97 bits per heavy atom. The number of hydrazone groups is 1. The number of hydrogen-bond donors (Lipinski definition) is 1. The van der Waals surface area contributed by atoms with Crippen LogP contribution in [0.1, 0.15) is 16.9 Å². The Morgan fingerprint density at radius 3 is 2.72 bits per heavy atom. The molecule has 1 aromatic heterocycles. The summed E-state index contributed by atoms with van der Waals surface area (Å²) in [6.07, 6.45) is 1.42. The molecule has 0 radical (unpaired) electrons. The number of ether oxygens (including phenoxy) is 2. The van der Waals surface area contributed by atoms with Crippen molar-refractivity contribution in [1.82, 2.24) is 5.43 Å². The number of benzene rings is 2. The molecule has 0 saturated carbocycles. The lowest BCUT2D eigenvalue weighted by Crippen LogP contribution is -2.24. The van der Waals surface area contributed by atoms with Gasteiger partial charge in [0.25, 0.3) is 5.91 Å². The van der Waals surface area contributed by atoms with E-state index in [1.165, 1.54) is 6.21 Å². The quantitative estimate of drug-likeness (QED) is 0.448. The van der Waals surface area contributed by atoms with Crippen LogP contribution in [0, 0.1) is 13.8 Å². The van der Waals surface area contributed by atoms with Crippen molar-refractivity contribution in [3.63, 3.8) is 0 Å². The predicted octanol–water partition coefficient (Wildman–Crippen LogP) is 4.75. The van der Waals surface area contributed by atoms with Crippen LogP contribution in [-0.4, -0.2) is 25.8 Å². The van der Waals surface area contributed by atoms with E-state index in [1.807, 2.05) is 38.1 Å². The zero-order valence-corrected chi connectivity index (χ0v) is 17.1. The topological polar surface area (TPSA) is 73.1 Å². The number of nitrogens with one attached hydrogen (secondary N) is 1. The van der Waals surface area contributed by atoms with Crippen LogP contribution in [0.5, 0.6) is 11.5 Å². The molecule has 0 aliphatic heterocycles. The maximum atomic E-state index is 11.9. The molecule has 0 unspecified atom stereocenters. The van der Waals surface area contributed by atoms with E-state index in [1.54, 1.807) is 31.4 Å². The first-order valence-corrected chi connectivity index (χ1v) is 9.30. The molecule has 29 heavy (non-hydrogen) atoms. The molecule has 0 spiro atoms. The summed E-state index contributed by atoms with van der Waals surface area (Å²) >= 11 is 6.14. The number of halogens is 1. The second-order valence-electron chi connectivity index (χ2n) is 6.40. The Labute approximate surface area is 174 Å². The number of furan rings is 1. The van der Waals surface area contributed by atoms with Crippen molar-refractivity contribution >= 4 is 23.7 Å². The molecule has 7 heteroatoms. The van der Waals surface area contributed by atoms with E-state index in [0.29, 0.717) is 28.0 Å². The number of nitrogens with zero attached hydrogens (tertiary/aromatic N) is 1. The van der Waals surface area contributed by atoms with E-state index < -0.39 is 0 Å². The molecule has 3 rings (SSSR count). The molecule has 1 N–H and O–H groups in total. The van der Waals surface area contributed by atoms with E-state index in [0.717, 1.165) is 16.7 Å². The Kier molecular flexibility index (Phi) is 6.57. The van der Waals surface area contributed by atoms with Crippen LogP contribution >= 0.6 is 11.6 Å². The minimum absolute atomic E-state index is 0.130. The molecular weight excluding hydrogens is 392 g/mol. The molecule has 1 amide bonds. The van der Waals surface area contributed by atoms with Crippen molar-refractivity contribution in [3.05, 3.63) is 70.4 Å². The lowest BCUT2D eigenvalue weighted by atomic mass is 10.1. The summed E-state index contributed by atoms with van der Waals surface area (Å²) < 4.78 is 16.4. The van der Waals surface area contributed by atoms with Crippen LogP contribution in [0.2, 0.25) is 5.02 Å². The third-order valence-corrected chi connectivity index (χ3v) is 4.44. The molecule has 2 aromatic carbocycles. The molecule has 0 bridgehead atoms. The third kappa shape index (κ3) is 5.39. The molecule has 0 aliphatic carbocycles. The Hall–Kier alpha value is -3.25. The molecular formula is C22H21ClN2O4. The molecule has 6 nitrogen and oxygen atoms in total. The normalized spacial score (nSPS) is 10.9. The number of hydrogen-bond acceptors (Lipinski definition) is 5. The number of carbonyl (C=O) groups excluding carboxylic acids is 1. The minimum atomic E-state index is -0.365. The van der Waals surface area contributed by atoms with Gasteiger partial charge in [-0.15, -0.1) is 0 Å². The van der Waals surface area contributed by atoms with E-state index in [9.17, 15) is 4.79 Å². The highest BCUT2D eigenvalue weighted by Gasteiger charge is 2.08. The SMILES string of the molecule is COc1ccc(-c2ccc(C=NNC(=O)COc3cc(C)ccc3C)o2)cc1Cl. The van der Waals surface area contributed by atoms with Gasteiger partial charge in [-0.25, -0.2) is 5.43 Å². The fourth-order valence-corrected chi connectivity index (χ4v) is 2.86. The summed E-state index contributed by atoms with van der Waals surface area (Å²) in [4.78, 5) is 11.9. The van der Waals surface area contributed by atoms with Gasteiger partial charge in [0, 0.05) is 5.56 Å². The molecule has 150 valence electrons. The molecule has 0 fully saturated rings. The van der Waals surface area contributed by atoms with Gasteiger partial charge in [-0.1, -0.05) is 23.7 Å². The first kappa shape index (κ1) is 20.5. The maximum Gasteiger partial charge on any atom is 0.277 e. The van der Waals surface area contributed by atoms with E-state index in [2.05, 4.69) is 10.5 Å². The first-order chi connectivity index (χ1) is 14.0. The van der Waals surface area contributed by atoms with Crippen LogP contribution in [0.4, 0.5) is 0 Å². The van der Waals surface area contributed by atoms with Crippen molar-refractivity contribution in [1.29, 1.82) is 0 Å². The lowest BCUT2D eigenvalue weighted by molar-refractivity contribution is -0.123. The number of carbonyl (C=O) groups is 1. The summed E-state index contributed by atoms with van der Waals surface area (Å²) in [6, 6.07) is 14.7. The van der Waals surface area contributed by atoms with Crippen LogP contribution in [-0.2, 0) is 4.79 Å². The average molecular weight is 413 g/mol. The van der Waals surface area contributed by atoms with Crippen molar-refractivity contribution in [3.8, 4) is 22.8 Å². The Bertz CT molecular complexity index is 1040. The van der Waals surface area contributed by atoms with Gasteiger partial charge < -0.3 is 13.9 Å². The highest BCUT2D eigenvalue weighted by Crippen LogP contribution is 2.30. The van der Waals surface area contributed by atoms with Crippen molar-refractivity contribution in [2.24, 2.45) is 5.10 Å². The monoisotopic (exact) mass is 412 g/mol. The number of rotatable bonds is 7. The van der Waals surface area contributed by atoms with Crippen molar-refractivity contribution in [2.45, 2.75) is 13.8 Å². The summed E-state index contributed by atoms with van der Waals surface area (Å²) in [5, 5.41) is 4.39. The third-order valence-electron chi connectivity index (χ3n) is 4.15. The van der Waals surface area contributed by atoms with Gasteiger partial charge in [-0.2, -0.15) is 5.10 Å². The predicted molar refractivity (Wildman–Crippen MR) is 113 cm³/mol. The van der Waals surface area contributed by atoms with Gasteiger partial charge in [0.1, 0.15) is 23.0 Å². The maximum absolute atomic E-state index is 11.9. The second kappa shape index (κ2) is 9.30. The first-order valence-electron chi connectivity index (χ1n) is 8.92. The van der Waals surface area contributed by atoms with Gasteiger partial charge >= 0.3 is 0 Å². The lowest BCUT2D eigenvalue weighted by Gasteiger charge is -2.08. The van der Waals surface area contributed by atoms with Crippen LogP contribution in [0.3, 0.4) is 0 Å². The standard InChI is InChI=1S/C22H21ClN2O4/c1-14-4-5-15(2)21(10-14)28-13-22(26)25-24-12-17-7-9-19(29-17)16-6-8-20(27-3)18(23)11-16/h4-12H,13H2,1-3H3,(H,25,26). The summed E-state index contributed by atoms with van der Waals surface area (Å²) in [5.74, 6) is 2.02. The fourth-order valence-electron chi connectivity index (χ4n) is 2.60. The smallest absolute Gasteiger partial charge is 0.277 e. The zero-order valence-electron chi connectivity index (χ0n) is 16.4. The van der Waals surface area contributed by atoms with E-state index in [4.69, 9.17) is 25.5 Å². The molecule has 0 aliphatic rings. The van der Waals surface area contributed by atoms with Gasteiger partial charge in [0.15, 0.2) is 6.61 Å². The highest BCUT2D eigenvalue weighted by molar-refractivity contribution is 6.32. The minimum Gasteiger partial charge on any atom is -0.495 e. The fraction of sp³-hybridized carbons (Fsp3) is 0.182. The summed E-state index contributed by atoms with van der Waals surface area (Å²) in [6.45, 7) is 3.76. The molecule has 3 aromatic rings. The zero-order chi connectivity index (χ0) is 20.8. The summed E-state index contributed by atoms with van der Waals surface area (Å²) in [5.41, 5.74) is 5.26. The Balaban J connectivity index is 1.55. The van der Waals surface area contributed by atoms with E-state index >= 15 is 0 Å². The van der Waals surface area contributed by atoms with Gasteiger partial charge in [-0.05, 0) is 61.4 Å². The van der Waals surface area contributed by atoms with Crippen molar-refractivity contribution < 1.29 is 18.7 Å². The largest absolute Gasteiger partial charge is 0.495 e. The number of amides is 1. The van der Waals surface area contributed by atoms with Crippen LogP contribution in [0.15, 0.2) is 58.0 Å².